The van der Waals surface area contributed by atoms with Crippen molar-refractivity contribution >= 4 is 28.6 Å². The zero-order chi connectivity index (χ0) is 15.0. The average Bonchev–Trinajstić information content (AvgIpc) is 3.16. The summed E-state index contributed by atoms with van der Waals surface area (Å²) in [5.41, 5.74) is 1.73. The standard InChI is InChI=1S/C17H20N2O2S/c20-16(13-2-1-12-3-6-18-15(12)9-13)19-14-4-7-21-17(10-14)5-8-22-11-17/h1-3,6,9,14,18H,4-5,7-8,10-11H2,(H,19,20)/t14-,17+/m1/s1. The van der Waals surface area contributed by atoms with Crippen LogP contribution in [0.1, 0.15) is 29.6 Å². The van der Waals surface area contributed by atoms with Crippen LogP contribution in [-0.2, 0) is 4.74 Å². The molecule has 2 fully saturated rings. The summed E-state index contributed by atoms with van der Waals surface area (Å²) in [4.78, 5) is 15.7. The Kier molecular flexibility index (Phi) is 3.62. The van der Waals surface area contributed by atoms with Gasteiger partial charge in [-0.1, -0.05) is 6.07 Å². The lowest BCUT2D eigenvalue weighted by molar-refractivity contribution is -0.0688. The quantitative estimate of drug-likeness (QED) is 0.895. The maximum Gasteiger partial charge on any atom is 0.251 e. The highest BCUT2D eigenvalue weighted by Crippen LogP contribution is 2.38. The van der Waals surface area contributed by atoms with Gasteiger partial charge in [0.1, 0.15) is 0 Å². The fourth-order valence-electron chi connectivity index (χ4n) is 3.47. The van der Waals surface area contributed by atoms with Crippen LogP contribution in [0.25, 0.3) is 10.9 Å². The number of H-pyrrole nitrogens is 1. The third-order valence-electron chi connectivity index (χ3n) is 4.71. The Hall–Kier alpha value is -1.46. The Balaban J connectivity index is 1.46. The van der Waals surface area contributed by atoms with Crippen LogP contribution in [-0.4, -0.2) is 40.6 Å². The molecule has 2 N–H and O–H groups in total. The topological polar surface area (TPSA) is 54.1 Å². The monoisotopic (exact) mass is 316 g/mol. The summed E-state index contributed by atoms with van der Waals surface area (Å²) in [7, 11) is 0. The second-order valence-electron chi connectivity index (χ2n) is 6.28. The van der Waals surface area contributed by atoms with Gasteiger partial charge in [-0.2, -0.15) is 11.8 Å². The van der Waals surface area contributed by atoms with Crippen LogP contribution < -0.4 is 5.32 Å². The molecule has 4 nitrogen and oxygen atoms in total. The minimum Gasteiger partial charge on any atom is -0.374 e. The molecule has 22 heavy (non-hydrogen) atoms. The van der Waals surface area contributed by atoms with E-state index in [4.69, 9.17) is 4.74 Å². The van der Waals surface area contributed by atoms with Gasteiger partial charge in [0.15, 0.2) is 0 Å². The van der Waals surface area contributed by atoms with Gasteiger partial charge in [-0.05, 0) is 48.6 Å². The van der Waals surface area contributed by atoms with Crippen molar-refractivity contribution in [3.05, 3.63) is 36.0 Å². The van der Waals surface area contributed by atoms with Gasteiger partial charge in [0, 0.05) is 35.7 Å². The Morgan fingerprint density at radius 1 is 1.41 bits per heavy atom. The fraction of sp³-hybridized carbons (Fsp3) is 0.471. The van der Waals surface area contributed by atoms with E-state index in [0.717, 1.165) is 48.1 Å². The number of fused-ring (bicyclic) bond motifs is 1. The van der Waals surface area contributed by atoms with Crippen molar-refractivity contribution in [1.29, 1.82) is 0 Å². The first-order chi connectivity index (χ1) is 10.7. The third kappa shape index (κ3) is 2.63. The van der Waals surface area contributed by atoms with Gasteiger partial charge in [0.2, 0.25) is 0 Å². The number of carbonyl (C=O) groups is 1. The normalized spacial score (nSPS) is 28.3. The number of amides is 1. The molecule has 0 unspecified atom stereocenters. The number of nitrogens with one attached hydrogen (secondary N) is 2. The number of hydrogen-bond donors (Lipinski definition) is 2. The van der Waals surface area contributed by atoms with E-state index in [1.54, 1.807) is 0 Å². The Bertz CT molecular complexity index is 691. The van der Waals surface area contributed by atoms with E-state index in [1.807, 2.05) is 42.2 Å². The van der Waals surface area contributed by atoms with Crippen LogP contribution in [0.15, 0.2) is 30.5 Å². The zero-order valence-corrected chi connectivity index (χ0v) is 13.2. The van der Waals surface area contributed by atoms with Crippen LogP contribution in [0, 0.1) is 0 Å². The fourth-order valence-corrected chi connectivity index (χ4v) is 4.85. The van der Waals surface area contributed by atoms with Crippen LogP contribution >= 0.6 is 11.8 Å². The molecule has 1 spiro atoms. The number of benzene rings is 1. The summed E-state index contributed by atoms with van der Waals surface area (Å²) in [5, 5.41) is 4.33. The first-order valence-electron chi connectivity index (χ1n) is 7.84. The van der Waals surface area contributed by atoms with E-state index >= 15 is 0 Å². The molecule has 5 heteroatoms. The van der Waals surface area contributed by atoms with E-state index in [0.29, 0.717) is 0 Å². The Labute approximate surface area is 134 Å². The van der Waals surface area contributed by atoms with Gasteiger partial charge >= 0.3 is 0 Å². The number of aromatic nitrogens is 1. The van der Waals surface area contributed by atoms with Crippen LogP contribution in [0.2, 0.25) is 0 Å². The zero-order valence-electron chi connectivity index (χ0n) is 12.4. The maximum absolute atomic E-state index is 12.5. The molecule has 4 rings (SSSR count). The molecule has 1 amide bonds. The SMILES string of the molecule is O=C(N[C@@H]1CCO[C@@]2(CCSC2)C1)c1ccc2cc[nH]c2c1. The van der Waals surface area contributed by atoms with E-state index in [1.165, 1.54) is 5.75 Å². The van der Waals surface area contributed by atoms with Crippen molar-refractivity contribution in [2.75, 3.05) is 18.1 Å². The molecule has 2 atom stereocenters. The summed E-state index contributed by atoms with van der Waals surface area (Å²) in [5.74, 6) is 2.25. The smallest absolute Gasteiger partial charge is 0.251 e. The Morgan fingerprint density at radius 3 is 3.23 bits per heavy atom. The van der Waals surface area contributed by atoms with Crippen molar-refractivity contribution in [2.45, 2.75) is 30.9 Å². The highest BCUT2D eigenvalue weighted by molar-refractivity contribution is 7.99. The molecule has 116 valence electrons. The van der Waals surface area contributed by atoms with Crippen LogP contribution in [0.4, 0.5) is 0 Å². The molecule has 0 bridgehead atoms. The summed E-state index contributed by atoms with van der Waals surface area (Å²) >= 11 is 1.96. The number of carbonyl (C=O) groups excluding carboxylic acids is 1. The second-order valence-corrected chi connectivity index (χ2v) is 7.38. The van der Waals surface area contributed by atoms with Gasteiger partial charge in [0.25, 0.3) is 5.91 Å². The average molecular weight is 316 g/mol. The highest BCUT2D eigenvalue weighted by atomic mass is 32.2. The van der Waals surface area contributed by atoms with E-state index in [-0.39, 0.29) is 17.6 Å². The first-order valence-corrected chi connectivity index (χ1v) is 8.99. The van der Waals surface area contributed by atoms with Crippen molar-refractivity contribution in [3.8, 4) is 0 Å². The molecule has 3 heterocycles. The van der Waals surface area contributed by atoms with Crippen molar-refractivity contribution in [2.24, 2.45) is 0 Å². The lowest BCUT2D eigenvalue weighted by atomic mass is 9.89. The summed E-state index contributed by atoms with van der Waals surface area (Å²) in [6, 6.07) is 8.04. The molecule has 1 aromatic heterocycles. The van der Waals surface area contributed by atoms with Gasteiger partial charge in [-0.15, -0.1) is 0 Å². The highest BCUT2D eigenvalue weighted by Gasteiger charge is 2.40. The summed E-state index contributed by atoms with van der Waals surface area (Å²) < 4.78 is 6.01. The van der Waals surface area contributed by atoms with Crippen LogP contribution in [0.3, 0.4) is 0 Å². The molecule has 2 saturated heterocycles. The summed E-state index contributed by atoms with van der Waals surface area (Å²) in [6.07, 6.45) is 4.85. The lowest BCUT2D eigenvalue weighted by Gasteiger charge is -2.38. The third-order valence-corrected chi connectivity index (χ3v) is 5.94. The van der Waals surface area contributed by atoms with Crippen LogP contribution in [0.5, 0.6) is 0 Å². The lowest BCUT2D eigenvalue weighted by Crippen LogP contribution is -2.48. The van der Waals surface area contributed by atoms with Gasteiger partial charge in [-0.25, -0.2) is 0 Å². The number of aromatic amines is 1. The number of thioether (sulfide) groups is 1. The molecule has 0 radical (unpaired) electrons. The van der Waals surface area contributed by atoms with Gasteiger partial charge in [0.05, 0.1) is 5.60 Å². The second kappa shape index (κ2) is 5.63. The largest absolute Gasteiger partial charge is 0.374 e. The molecule has 2 aromatic rings. The Morgan fingerprint density at radius 2 is 2.36 bits per heavy atom. The maximum atomic E-state index is 12.5. The molecule has 2 aliphatic heterocycles. The minimum absolute atomic E-state index is 0.00424. The predicted molar refractivity (Wildman–Crippen MR) is 89.4 cm³/mol. The van der Waals surface area contributed by atoms with Gasteiger partial charge < -0.3 is 15.0 Å². The summed E-state index contributed by atoms with van der Waals surface area (Å²) in [6.45, 7) is 0.751. The molecular formula is C17H20N2O2S. The number of rotatable bonds is 2. The molecule has 1 aromatic carbocycles. The van der Waals surface area contributed by atoms with E-state index in [2.05, 4.69) is 10.3 Å². The van der Waals surface area contributed by atoms with E-state index in [9.17, 15) is 4.79 Å². The van der Waals surface area contributed by atoms with Gasteiger partial charge in [-0.3, -0.25) is 4.79 Å². The molecule has 2 aliphatic rings. The first kappa shape index (κ1) is 14.2. The van der Waals surface area contributed by atoms with E-state index < -0.39 is 0 Å². The molecule has 0 saturated carbocycles. The van der Waals surface area contributed by atoms with Crippen molar-refractivity contribution < 1.29 is 9.53 Å². The molecular weight excluding hydrogens is 296 g/mol. The minimum atomic E-state index is 0.00424. The number of ether oxygens (including phenoxy) is 1. The number of hydrogen-bond acceptors (Lipinski definition) is 3. The van der Waals surface area contributed by atoms with Crippen molar-refractivity contribution in [3.63, 3.8) is 0 Å². The molecule has 0 aliphatic carbocycles. The predicted octanol–water partition coefficient (Wildman–Crippen LogP) is 2.95. The van der Waals surface area contributed by atoms with Crippen molar-refractivity contribution in [1.82, 2.24) is 10.3 Å².